The molecule has 8 nitrogen and oxygen atoms in total. The van der Waals surface area contributed by atoms with E-state index in [0.29, 0.717) is 25.3 Å². The van der Waals surface area contributed by atoms with Crippen molar-refractivity contribution in [2.24, 2.45) is 0 Å². The number of hydrogen-bond donors (Lipinski definition) is 3. The maximum atomic E-state index is 13.3. The van der Waals surface area contributed by atoms with Gasteiger partial charge >= 0.3 is 0 Å². The Morgan fingerprint density at radius 1 is 1.28 bits per heavy atom. The summed E-state index contributed by atoms with van der Waals surface area (Å²) in [5.41, 5.74) is 7.56. The number of fused-ring (bicyclic) bond motifs is 1. The molecule has 4 rings (SSSR count). The minimum atomic E-state index is -0.785. The zero-order chi connectivity index (χ0) is 22.7. The van der Waals surface area contributed by atoms with E-state index in [1.54, 1.807) is 11.1 Å². The van der Waals surface area contributed by atoms with Crippen LogP contribution < -0.4 is 16.4 Å². The second-order valence-electron chi connectivity index (χ2n) is 7.85. The molecule has 1 aliphatic rings. The summed E-state index contributed by atoms with van der Waals surface area (Å²) >= 11 is 1.46. The highest BCUT2D eigenvalue weighted by atomic mass is 32.1. The van der Waals surface area contributed by atoms with Gasteiger partial charge in [0.1, 0.15) is 17.9 Å². The van der Waals surface area contributed by atoms with Gasteiger partial charge < -0.3 is 21.3 Å². The largest absolute Gasteiger partial charge is 0.383 e. The van der Waals surface area contributed by atoms with Crippen molar-refractivity contribution in [2.45, 2.75) is 38.4 Å². The van der Waals surface area contributed by atoms with Crippen LogP contribution in [-0.2, 0) is 20.9 Å². The molecule has 0 aliphatic carbocycles. The number of pyridine rings is 1. The first-order valence-electron chi connectivity index (χ1n) is 10.4. The van der Waals surface area contributed by atoms with Crippen molar-refractivity contribution in [3.05, 3.63) is 58.4 Å². The van der Waals surface area contributed by atoms with Gasteiger partial charge in [-0.15, -0.1) is 0 Å². The average molecular weight is 452 g/mol. The molecule has 1 saturated heterocycles. The maximum Gasteiger partial charge on any atom is 0.250 e. The Morgan fingerprint density at radius 2 is 2.12 bits per heavy atom. The Morgan fingerprint density at radius 3 is 2.88 bits per heavy atom. The van der Waals surface area contributed by atoms with E-state index in [2.05, 4.69) is 15.6 Å². The van der Waals surface area contributed by atoms with Gasteiger partial charge in [-0.3, -0.25) is 14.4 Å². The van der Waals surface area contributed by atoms with E-state index >= 15 is 0 Å². The first-order valence-corrected chi connectivity index (χ1v) is 11.4. The number of carbonyl (C=O) groups is 3. The molecule has 3 amide bonds. The monoisotopic (exact) mass is 451 g/mol. The fourth-order valence-corrected chi connectivity index (χ4v) is 4.75. The quantitative estimate of drug-likeness (QED) is 0.532. The summed E-state index contributed by atoms with van der Waals surface area (Å²) in [5.74, 6) is -0.276. The van der Waals surface area contributed by atoms with Gasteiger partial charge in [0.05, 0.1) is 0 Å². The number of hydrogen-bond acceptors (Lipinski definition) is 6. The van der Waals surface area contributed by atoms with Crippen molar-refractivity contribution in [3.63, 3.8) is 0 Å². The molecule has 2 atom stereocenters. The molecule has 32 heavy (non-hydrogen) atoms. The van der Waals surface area contributed by atoms with Gasteiger partial charge in [-0.1, -0.05) is 12.1 Å². The Balaban J connectivity index is 1.45. The number of nitrogens with zero attached hydrogens (tertiary/aromatic N) is 2. The van der Waals surface area contributed by atoms with Gasteiger partial charge in [0.2, 0.25) is 11.8 Å². The van der Waals surface area contributed by atoms with Gasteiger partial charge in [-0.25, -0.2) is 4.98 Å². The minimum Gasteiger partial charge on any atom is -0.383 e. The van der Waals surface area contributed by atoms with Gasteiger partial charge in [-0.05, 0) is 58.3 Å². The normalized spacial score (nSPS) is 16.7. The average Bonchev–Trinajstić information content (AvgIpc) is 3.47. The van der Waals surface area contributed by atoms with E-state index < -0.39 is 12.1 Å². The van der Waals surface area contributed by atoms with Crippen molar-refractivity contribution < 1.29 is 14.4 Å². The summed E-state index contributed by atoms with van der Waals surface area (Å²) in [6, 6.07) is 8.11. The third kappa shape index (κ3) is 4.57. The lowest BCUT2D eigenvalue weighted by Gasteiger charge is -2.28. The third-order valence-electron chi connectivity index (χ3n) is 5.64. The van der Waals surface area contributed by atoms with Gasteiger partial charge in [0.25, 0.3) is 5.91 Å². The van der Waals surface area contributed by atoms with Crippen molar-refractivity contribution in [3.8, 4) is 0 Å². The van der Waals surface area contributed by atoms with Gasteiger partial charge in [0, 0.05) is 31.6 Å². The molecule has 0 bridgehead atoms. The first kappa shape index (κ1) is 21.8. The summed E-state index contributed by atoms with van der Waals surface area (Å²) in [6.07, 6.45) is 2.98. The van der Waals surface area contributed by atoms with E-state index in [0.717, 1.165) is 28.3 Å². The van der Waals surface area contributed by atoms with Gasteiger partial charge in [-0.2, -0.15) is 11.3 Å². The number of anilines is 1. The number of thiophene rings is 1. The Kier molecular flexibility index (Phi) is 6.36. The number of nitrogen functional groups attached to an aromatic ring is 1. The van der Waals surface area contributed by atoms with E-state index in [4.69, 9.17) is 5.73 Å². The number of nitrogens with two attached hydrogens (primary N) is 1. The van der Waals surface area contributed by atoms with E-state index in [1.165, 1.54) is 18.3 Å². The molecule has 0 spiro atoms. The molecule has 2 unspecified atom stereocenters. The number of likely N-dealkylation sites (tertiary alicyclic amines) is 1. The fourth-order valence-electron chi connectivity index (χ4n) is 4.07. The molecule has 0 radical (unpaired) electrons. The number of aromatic nitrogens is 1. The minimum absolute atomic E-state index is 0.197. The summed E-state index contributed by atoms with van der Waals surface area (Å²) in [4.78, 5) is 43.6. The first-order chi connectivity index (χ1) is 15.4. The summed E-state index contributed by atoms with van der Waals surface area (Å²) in [6.45, 7) is 2.21. The fraction of sp³-hybridized carbons (Fsp3) is 0.304. The van der Waals surface area contributed by atoms with E-state index in [-0.39, 0.29) is 17.7 Å². The van der Waals surface area contributed by atoms with Crippen LogP contribution in [0.25, 0.3) is 10.8 Å². The molecule has 9 heteroatoms. The van der Waals surface area contributed by atoms with Crippen LogP contribution in [0.1, 0.15) is 36.9 Å². The van der Waals surface area contributed by atoms with Crippen LogP contribution in [0.5, 0.6) is 0 Å². The third-order valence-corrected chi connectivity index (χ3v) is 6.34. The zero-order valence-electron chi connectivity index (χ0n) is 17.7. The lowest BCUT2D eigenvalue weighted by Crippen LogP contribution is -2.49. The van der Waals surface area contributed by atoms with E-state index in [1.807, 2.05) is 41.1 Å². The maximum absolute atomic E-state index is 13.3. The number of rotatable bonds is 6. The SMILES string of the molecule is CC(=O)NC(C(=O)N1CCCC1C(=O)NCc1ccc2c(N)nccc2c1)c1ccsc1. The number of amides is 3. The van der Waals surface area contributed by atoms with Crippen LogP contribution in [0.4, 0.5) is 5.82 Å². The van der Waals surface area contributed by atoms with Crippen LogP contribution >= 0.6 is 11.3 Å². The molecule has 3 aromatic rings. The topological polar surface area (TPSA) is 117 Å². The second-order valence-corrected chi connectivity index (χ2v) is 8.63. The Bertz CT molecular complexity index is 1150. The molecule has 1 fully saturated rings. The highest BCUT2D eigenvalue weighted by Crippen LogP contribution is 2.25. The molecule has 1 aliphatic heterocycles. The molecule has 1 aromatic carbocycles. The standard InChI is InChI=1S/C23H25N5O3S/c1-14(29)27-20(17-7-10-32-13-17)23(31)28-9-2-3-19(28)22(30)26-12-15-4-5-18-16(11-15)6-8-25-21(18)24/h4-8,10-11,13,19-20H,2-3,9,12H2,1H3,(H2,24,25)(H,26,30)(H,27,29). The van der Waals surface area contributed by atoms with Crippen molar-refractivity contribution in [2.75, 3.05) is 12.3 Å². The molecular formula is C23H25N5O3S. The Labute approximate surface area is 189 Å². The molecule has 3 heterocycles. The molecule has 166 valence electrons. The summed E-state index contributed by atoms with van der Waals surface area (Å²) in [7, 11) is 0. The Hall–Kier alpha value is -3.46. The lowest BCUT2D eigenvalue weighted by atomic mass is 10.1. The molecule has 0 saturated carbocycles. The number of carbonyl (C=O) groups excluding carboxylic acids is 3. The van der Waals surface area contributed by atoms with Crippen LogP contribution in [-0.4, -0.2) is 40.2 Å². The predicted molar refractivity (Wildman–Crippen MR) is 124 cm³/mol. The van der Waals surface area contributed by atoms with Crippen molar-refractivity contribution in [1.29, 1.82) is 0 Å². The van der Waals surface area contributed by atoms with Crippen molar-refractivity contribution >= 4 is 45.6 Å². The molecule has 2 aromatic heterocycles. The summed E-state index contributed by atoms with van der Waals surface area (Å²) < 4.78 is 0. The summed E-state index contributed by atoms with van der Waals surface area (Å²) in [5, 5.41) is 11.2. The van der Waals surface area contributed by atoms with Crippen molar-refractivity contribution in [1.82, 2.24) is 20.5 Å². The molecular weight excluding hydrogens is 426 g/mol. The number of benzene rings is 1. The molecule has 4 N–H and O–H groups in total. The van der Waals surface area contributed by atoms with Crippen LogP contribution in [0, 0.1) is 0 Å². The predicted octanol–water partition coefficient (Wildman–Crippen LogP) is 2.36. The highest BCUT2D eigenvalue weighted by Gasteiger charge is 2.38. The van der Waals surface area contributed by atoms with Crippen LogP contribution in [0.15, 0.2) is 47.3 Å². The van der Waals surface area contributed by atoms with Crippen LogP contribution in [0.3, 0.4) is 0 Å². The second kappa shape index (κ2) is 9.35. The van der Waals surface area contributed by atoms with Crippen LogP contribution in [0.2, 0.25) is 0 Å². The smallest absolute Gasteiger partial charge is 0.250 e. The zero-order valence-corrected chi connectivity index (χ0v) is 18.5. The lowest BCUT2D eigenvalue weighted by molar-refractivity contribution is -0.141. The highest BCUT2D eigenvalue weighted by molar-refractivity contribution is 7.08. The van der Waals surface area contributed by atoms with Gasteiger partial charge in [0.15, 0.2) is 0 Å². The number of nitrogens with one attached hydrogen (secondary N) is 2. The van der Waals surface area contributed by atoms with E-state index in [9.17, 15) is 14.4 Å².